The molecule has 0 bridgehead atoms. The van der Waals surface area contributed by atoms with E-state index in [9.17, 15) is 14.7 Å². The van der Waals surface area contributed by atoms with Gasteiger partial charge in [0.2, 0.25) is 0 Å². The summed E-state index contributed by atoms with van der Waals surface area (Å²) < 4.78 is 10.3. The number of aromatic carboxylic acids is 1. The van der Waals surface area contributed by atoms with Gasteiger partial charge in [0.05, 0.1) is 39.3 Å². The normalized spacial score (nSPS) is 16.5. The monoisotopic (exact) mass is 775 g/mol. The quantitative estimate of drug-likeness (QED) is 0.0946. The Bertz CT molecular complexity index is 2110. The maximum absolute atomic E-state index is 13.1. The Balaban J connectivity index is 1.26. The molecule has 13 heteroatoms. The van der Waals surface area contributed by atoms with E-state index in [2.05, 4.69) is 25.8 Å². The maximum atomic E-state index is 13.1. The van der Waals surface area contributed by atoms with Crippen LogP contribution in [0.15, 0.2) is 46.5 Å². The van der Waals surface area contributed by atoms with Gasteiger partial charge in [-0.3, -0.25) is 9.48 Å². The van der Waals surface area contributed by atoms with Crippen LogP contribution in [0.2, 0.25) is 5.02 Å². The van der Waals surface area contributed by atoms with Gasteiger partial charge in [0, 0.05) is 80.2 Å². The zero-order chi connectivity index (χ0) is 38.7. The summed E-state index contributed by atoms with van der Waals surface area (Å²) in [6.07, 6.45) is 5.95. The molecule has 1 aliphatic heterocycles. The molecule has 4 heterocycles. The maximum Gasteiger partial charge on any atom is 0.335 e. The van der Waals surface area contributed by atoms with E-state index in [1.807, 2.05) is 58.6 Å². The summed E-state index contributed by atoms with van der Waals surface area (Å²) in [5, 5.41) is 20.3. The van der Waals surface area contributed by atoms with Crippen LogP contribution in [-0.2, 0) is 31.3 Å². The predicted octanol–water partition coefficient (Wildman–Crippen LogP) is 7.33. The van der Waals surface area contributed by atoms with Crippen molar-refractivity contribution in [2.75, 3.05) is 51.3 Å². The number of piperazine rings is 1. The van der Waals surface area contributed by atoms with Crippen molar-refractivity contribution in [2.45, 2.75) is 72.6 Å². The molecule has 3 aromatic heterocycles. The molecule has 11 nitrogen and oxygen atoms in total. The number of halogens is 2. The Kier molecular flexibility index (Phi) is 12.6. The molecule has 1 fully saturated rings. The standard InChI is InChI=1S/C41H51Cl2N7O4/c1-25-19-31(20-26(2)39(25)43)54-18-7-9-32-33-10-11-34(42)38(37-27(3)46-48(6)28(37)4)40(33)50(35(32)24-51)15-8-14-47(5)23-30-21-29(41(52)53)22-36(45-30)49-16-12-44-13-17-49/h10-11,19,21-22,24,31,44H,7-9,12-18,20,23H2,1-6H3,(H,52,53). The van der Waals surface area contributed by atoms with Crippen LogP contribution < -0.4 is 10.2 Å². The second-order valence-corrected chi connectivity index (χ2v) is 15.4. The highest BCUT2D eigenvalue weighted by Gasteiger charge is 2.26. The summed E-state index contributed by atoms with van der Waals surface area (Å²) in [6.45, 7) is 13.6. The number of allylic oxidation sites excluding steroid dienone is 2. The fraction of sp³-hybridized carbons (Fsp3) is 0.463. The third-order valence-electron chi connectivity index (χ3n) is 10.7. The topological polar surface area (TPSA) is 118 Å². The Morgan fingerprint density at radius 2 is 1.87 bits per heavy atom. The Morgan fingerprint density at radius 1 is 1.11 bits per heavy atom. The number of aryl methyl sites for hydroxylation is 4. The number of hydrogen-bond donors (Lipinski definition) is 2. The number of pyridine rings is 1. The number of aromatic nitrogens is 4. The number of nitrogens with zero attached hydrogens (tertiary/aromatic N) is 6. The van der Waals surface area contributed by atoms with Gasteiger partial charge in [-0.25, -0.2) is 9.78 Å². The average Bonchev–Trinajstić information content (AvgIpc) is 3.58. The van der Waals surface area contributed by atoms with E-state index in [1.54, 1.807) is 12.1 Å². The zero-order valence-corrected chi connectivity index (χ0v) is 33.6. The van der Waals surface area contributed by atoms with Gasteiger partial charge in [-0.1, -0.05) is 40.9 Å². The highest BCUT2D eigenvalue weighted by atomic mass is 35.5. The predicted molar refractivity (Wildman–Crippen MR) is 216 cm³/mol. The van der Waals surface area contributed by atoms with Crippen molar-refractivity contribution in [3.8, 4) is 11.1 Å². The number of carbonyl (C=O) groups excluding carboxylic acids is 1. The minimum Gasteiger partial charge on any atom is -0.478 e. The van der Waals surface area contributed by atoms with Gasteiger partial charge in [-0.05, 0) is 96.3 Å². The third-order valence-corrected chi connectivity index (χ3v) is 11.6. The van der Waals surface area contributed by atoms with Crippen LogP contribution in [0.25, 0.3) is 22.0 Å². The Hall–Kier alpha value is -4.00. The number of fused-ring (bicyclic) bond motifs is 1. The molecule has 288 valence electrons. The summed E-state index contributed by atoms with van der Waals surface area (Å²) in [7, 11) is 3.94. The lowest BCUT2D eigenvalue weighted by Crippen LogP contribution is -2.44. The number of carbonyl (C=O) groups is 2. The van der Waals surface area contributed by atoms with Crippen LogP contribution >= 0.6 is 23.2 Å². The summed E-state index contributed by atoms with van der Waals surface area (Å²) in [6, 6.07) is 7.29. The van der Waals surface area contributed by atoms with E-state index in [0.29, 0.717) is 54.9 Å². The first-order chi connectivity index (χ1) is 25.9. The Labute approximate surface area is 327 Å². The summed E-state index contributed by atoms with van der Waals surface area (Å²) in [4.78, 5) is 34.2. The van der Waals surface area contributed by atoms with Crippen LogP contribution in [0.1, 0.15) is 76.6 Å². The van der Waals surface area contributed by atoms with Gasteiger partial charge in [0.15, 0.2) is 6.29 Å². The van der Waals surface area contributed by atoms with Gasteiger partial charge in [0.1, 0.15) is 5.82 Å². The number of ether oxygens (including phenoxy) is 1. The Morgan fingerprint density at radius 3 is 2.54 bits per heavy atom. The van der Waals surface area contributed by atoms with E-state index in [0.717, 1.165) is 107 Å². The summed E-state index contributed by atoms with van der Waals surface area (Å²) in [5.41, 5.74) is 9.40. The molecule has 1 aromatic carbocycles. The van der Waals surface area contributed by atoms with Crippen LogP contribution in [0.3, 0.4) is 0 Å². The van der Waals surface area contributed by atoms with Crippen molar-refractivity contribution in [1.82, 2.24) is 29.5 Å². The van der Waals surface area contributed by atoms with Gasteiger partial charge in [-0.15, -0.1) is 0 Å². The molecule has 0 radical (unpaired) electrons. The number of hydrogen-bond acceptors (Lipinski definition) is 8. The number of benzene rings is 1. The minimum absolute atomic E-state index is 0.0197. The minimum atomic E-state index is -0.965. The van der Waals surface area contributed by atoms with Crippen LogP contribution in [-0.4, -0.2) is 94.1 Å². The smallest absolute Gasteiger partial charge is 0.335 e. The van der Waals surface area contributed by atoms with Crippen LogP contribution in [0.4, 0.5) is 5.82 Å². The number of carboxylic acids is 1. The van der Waals surface area contributed by atoms with Gasteiger partial charge in [-0.2, -0.15) is 5.10 Å². The van der Waals surface area contributed by atoms with Crippen molar-refractivity contribution in [3.05, 3.63) is 85.4 Å². The SMILES string of the molecule is CC1=CC(OCCCc2c(C=O)n(CCCN(C)Cc3cc(C(=O)O)cc(N4CCNCC4)n3)c3c(-c4c(C)nn(C)c4C)c(Cl)ccc23)CC(C)=C1Cl. The second kappa shape index (κ2) is 17.2. The lowest BCUT2D eigenvalue weighted by molar-refractivity contribution is 0.0696. The number of nitrogens with one attached hydrogen (secondary N) is 1. The highest BCUT2D eigenvalue weighted by molar-refractivity contribution is 6.35. The van der Waals surface area contributed by atoms with Crippen molar-refractivity contribution in [3.63, 3.8) is 0 Å². The fourth-order valence-electron chi connectivity index (χ4n) is 7.93. The zero-order valence-electron chi connectivity index (χ0n) is 32.1. The average molecular weight is 777 g/mol. The molecule has 0 saturated carbocycles. The van der Waals surface area contributed by atoms with Gasteiger partial charge < -0.3 is 29.5 Å². The number of aldehydes is 1. The molecule has 54 heavy (non-hydrogen) atoms. The van der Waals surface area contributed by atoms with Crippen molar-refractivity contribution < 1.29 is 19.4 Å². The molecule has 2 aliphatic rings. The molecule has 1 unspecified atom stereocenters. The van der Waals surface area contributed by atoms with Crippen molar-refractivity contribution in [2.24, 2.45) is 7.05 Å². The number of anilines is 1. The van der Waals surface area contributed by atoms with Gasteiger partial charge >= 0.3 is 5.97 Å². The first-order valence-electron chi connectivity index (χ1n) is 18.7. The van der Waals surface area contributed by atoms with Crippen molar-refractivity contribution in [1.29, 1.82) is 0 Å². The van der Waals surface area contributed by atoms with E-state index < -0.39 is 5.97 Å². The molecule has 2 N–H and O–H groups in total. The summed E-state index contributed by atoms with van der Waals surface area (Å²) in [5.74, 6) is -0.271. The lowest BCUT2D eigenvalue weighted by Gasteiger charge is -2.29. The fourth-order valence-corrected chi connectivity index (χ4v) is 8.32. The molecule has 1 saturated heterocycles. The van der Waals surface area contributed by atoms with Gasteiger partial charge in [0.25, 0.3) is 0 Å². The third kappa shape index (κ3) is 8.45. The lowest BCUT2D eigenvalue weighted by atomic mass is 9.98. The highest BCUT2D eigenvalue weighted by Crippen LogP contribution is 2.42. The van der Waals surface area contributed by atoms with Crippen LogP contribution in [0, 0.1) is 13.8 Å². The van der Waals surface area contributed by atoms with E-state index in [1.165, 1.54) is 0 Å². The van der Waals surface area contributed by atoms with Crippen molar-refractivity contribution >= 4 is 52.2 Å². The largest absolute Gasteiger partial charge is 0.478 e. The summed E-state index contributed by atoms with van der Waals surface area (Å²) >= 11 is 13.5. The molecular formula is C41H51Cl2N7O4. The molecule has 4 aromatic rings. The van der Waals surface area contributed by atoms with Crippen LogP contribution in [0.5, 0.6) is 0 Å². The first-order valence-corrected chi connectivity index (χ1v) is 19.5. The molecule has 1 atom stereocenters. The molecule has 0 spiro atoms. The molecule has 6 rings (SSSR count). The molecule has 0 amide bonds. The van der Waals surface area contributed by atoms with E-state index in [-0.39, 0.29) is 11.7 Å². The first kappa shape index (κ1) is 39.7. The second-order valence-electron chi connectivity index (χ2n) is 14.6. The molecule has 1 aliphatic carbocycles. The number of rotatable bonds is 15. The molecular weight excluding hydrogens is 725 g/mol. The van der Waals surface area contributed by atoms with E-state index in [4.69, 9.17) is 38.0 Å². The van der Waals surface area contributed by atoms with E-state index >= 15 is 0 Å². The number of carboxylic acid groups (broad SMARTS) is 1.